The number of carbonyl (C=O) groups is 1. The van der Waals surface area contributed by atoms with Crippen molar-refractivity contribution in [2.24, 2.45) is 0 Å². The lowest BCUT2D eigenvalue weighted by atomic mass is 10.0. The predicted molar refractivity (Wildman–Crippen MR) is 119 cm³/mol. The van der Waals surface area contributed by atoms with Gasteiger partial charge in [0.1, 0.15) is 22.6 Å². The van der Waals surface area contributed by atoms with Gasteiger partial charge in [-0.3, -0.25) is 9.69 Å². The third-order valence-electron chi connectivity index (χ3n) is 5.26. The van der Waals surface area contributed by atoms with E-state index in [1.165, 1.54) is 11.3 Å². The Balaban J connectivity index is 1.59. The Morgan fingerprint density at radius 2 is 1.90 bits per heavy atom. The fourth-order valence-corrected chi connectivity index (χ4v) is 4.82. The molecule has 4 rings (SSSR count). The van der Waals surface area contributed by atoms with Crippen molar-refractivity contribution in [3.8, 4) is 17.6 Å². The Morgan fingerprint density at radius 3 is 2.63 bits per heavy atom. The van der Waals surface area contributed by atoms with Crippen LogP contribution < -0.4 is 10.1 Å². The number of benzene rings is 2. The van der Waals surface area contributed by atoms with Crippen molar-refractivity contribution in [3.63, 3.8) is 0 Å². The van der Waals surface area contributed by atoms with E-state index in [4.69, 9.17) is 4.74 Å². The molecule has 0 unspecified atom stereocenters. The molecule has 0 atom stereocenters. The number of thiophene rings is 1. The van der Waals surface area contributed by atoms with Gasteiger partial charge in [-0.2, -0.15) is 5.26 Å². The first-order valence-corrected chi connectivity index (χ1v) is 10.8. The first-order chi connectivity index (χ1) is 14.6. The van der Waals surface area contributed by atoms with Crippen LogP contribution in [-0.2, 0) is 13.0 Å². The van der Waals surface area contributed by atoms with Gasteiger partial charge in [-0.05, 0) is 50.1 Å². The number of hydrogen-bond donors (Lipinski definition) is 1. The van der Waals surface area contributed by atoms with E-state index >= 15 is 0 Å². The molecule has 0 spiro atoms. The van der Waals surface area contributed by atoms with Crippen molar-refractivity contribution >= 4 is 22.2 Å². The van der Waals surface area contributed by atoms with Crippen molar-refractivity contribution in [2.45, 2.75) is 32.9 Å². The third kappa shape index (κ3) is 4.09. The van der Waals surface area contributed by atoms with Gasteiger partial charge in [0, 0.05) is 24.0 Å². The van der Waals surface area contributed by atoms with E-state index < -0.39 is 0 Å². The minimum atomic E-state index is -0.280. The minimum Gasteiger partial charge on any atom is -0.457 e. The Kier molecular flexibility index (Phi) is 5.84. The number of amides is 1. The highest BCUT2D eigenvalue weighted by atomic mass is 32.1. The van der Waals surface area contributed by atoms with Crippen LogP contribution in [0.15, 0.2) is 54.6 Å². The highest BCUT2D eigenvalue weighted by Crippen LogP contribution is 2.37. The summed E-state index contributed by atoms with van der Waals surface area (Å²) in [5.74, 6) is 0.861. The van der Waals surface area contributed by atoms with E-state index in [9.17, 15) is 10.1 Å². The van der Waals surface area contributed by atoms with Crippen LogP contribution >= 0.6 is 11.3 Å². The predicted octanol–water partition coefficient (Wildman–Crippen LogP) is 5.43. The molecule has 0 saturated carbocycles. The molecule has 152 valence electrons. The van der Waals surface area contributed by atoms with Gasteiger partial charge in [-0.25, -0.2) is 0 Å². The summed E-state index contributed by atoms with van der Waals surface area (Å²) >= 11 is 1.50. The van der Waals surface area contributed by atoms with Gasteiger partial charge in [-0.15, -0.1) is 11.3 Å². The summed E-state index contributed by atoms with van der Waals surface area (Å²) < 4.78 is 5.92. The van der Waals surface area contributed by atoms with Crippen molar-refractivity contribution in [3.05, 3.63) is 76.2 Å². The second-order valence-electron chi connectivity index (χ2n) is 7.50. The van der Waals surface area contributed by atoms with Crippen LogP contribution in [0.2, 0.25) is 0 Å². The maximum Gasteiger partial charge on any atom is 0.260 e. The number of nitrogens with zero attached hydrogens (tertiary/aromatic N) is 2. The number of carbonyl (C=O) groups excluding carboxylic acids is 1. The fraction of sp³-hybridized carbons (Fsp3) is 0.250. The molecule has 1 aromatic heterocycles. The van der Waals surface area contributed by atoms with Crippen LogP contribution in [0.4, 0.5) is 5.00 Å². The molecule has 0 radical (unpaired) electrons. The number of para-hydroxylation sites is 2. The average Bonchev–Trinajstić information content (AvgIpc) is 3.10. The summed E-state index contributed by atoms with van der Waals surface area (Å²) in [5, 5.41) is 13.3. The van der Waals surface area contributed by atoms with Crippen molar-refractivity contribution in [1.82, 2.24) is 4.90 Å². The van der Waals surface area contributed by atoms with Crippen LogP contribution in [0.5, 0.6) is 11.5 Å². The molecule has 1 amide bonds. The van der Waals surface area contributed by atoms with Gasteiger partial charge >= 0.3 is 0 Å². The summed E-state index contributed by atoms with van der Waals surface area (Å²) in [6.07, 6.45) is 0.830. The quantitative estimate of drug-likeness (QED) is 0.601. The van der Waals surface area contributed by atoms with Crippen molar-refractivity contribution in [1.29, 1.82) is 5.26 Å². The summed E-state index contributed by atoms with van der Waals surface area (Å²) in [7, 11) is 0. The number of fused-ring (bicyclic) bond motifs is 1. The minimum absolute atomic E-state index is 0.280. The van der Waals surface area contributed by atoms with E-state index in [1.54, 1.807) is 18.2 Å². The lowest BCUT2D eigenvalue weighted by Gasteiger charge is -2.30. The van der Waals surface area contributed by atoms with Crippen molar-refractivity contribution < 1.29 is 9.53 Å². The number of anilines is 1. The summed E-state index contributed by atoms with van der Waals surface area (Å²) in [4.78, 5) is 16.6. The molecule has 0 fully saturated rings. The Hall–Kier alpha value is -3.14. The Bertz CT molecular complexity index is 1100. The molecule has 3 aromatic rings. The standard InChI is InChI=1S/C24H23N3O2S/c1-16(2)27-13-12-18-20(14-25)24(30-22(18)15-27)26-23(28)19-10-6-7-11-21(19)29-17-8-4-3-5-9-17/h3-11,16H,12-13,15H2,1-2H3,(H,26,28). The van der Waals surface area contributed by atoms with Gasteiger partial charge in [-0.1, -0.05) is 30.3 Å². The second kappa shape index (κ2) is 8.70. The van der Waals surface area contributed by atoms with Crippen LogP contribution in [0.3, 0.4) is 0 Å². The first-order valence-electron chi connectivity index (χ1n) is 9.98. The van der Waals surface area contributed by atoms with Gasteiger partial charge in [0.05, 0.1) is 11.1 Å². The average molecular weight is 418 g/mol. The number of ether oxygens (including phenoxy) is 1. The maximum absolute atomic E-state index is 13.1. The first kappa shape index (κ1) is 20.1. The molecule has 2 heterocycles. The van der Waals surface area contributed by atoms with E-state index in [-0.39, 0.29) is 5.91 Å². The van der Waals surface area contributed by atoms with E-state index in [1.807, 2.05) is 36.4 Å². The molecule has 0 saturated heterocycles. The van der Waals surface area contributed by atoms with Crippen LogP contribution in [0.25, 0.3) is 0 Å². The molecular weight excluding hydrogens is 394 g/mol. The summed E-state index contributed by atoms with van der Waals surface area (Å²) in [6.45, 7) is 6.10. The monoisotopic (exact) mass is 417 g/mol. The van der Waals surface area contributed by atoms with Gasteiger partial charge < -0.3 is 10.1 Å². The zero-order valence-corrected chi connectivity index (χ0v) is 17.8. The van der Waals surface area contributed by atoms with Crippen LogP contribution in [-0.4, -0.2) is 23.4 Å². The molecule has 0 bridgehead atoms. The molecule has 1 aliphatic rings. The van der Waals surface area contributed by atoms with E-state index in [2.05, 4.69) is 30.1 Å². The number of rotatable bonds is 5. The largest absolute Gasteiger partial charge is 0.457 e. The zero-order valence-electron chi connectivity index (χ0n) is 17.0. The fourth-order valence-electron chi connectivity index (χ4n) is 3.60. The number of nitriles is 1. The molecule has 0 aliphatic carbocycles. The van der Waals surface area contributed by atoms with Crippen LogP contribution in [0, 0.1) is 11.3 Å². The molecular formula is C24H23N3O2S. The van der Waals surface area contributed by atoms with E-state index in [0.717, 1.165) is 30.0 Å². The van der Waals surface area contributed by atoms with Gasteiger partial charge in [0.2, 0.25) is 0 Å². The number of nitrogens with one attached hydrogen (secondary N) is 1. The smallest absolute Gasteiger partial charge is 0.260 e. The SMILES string of the molecule is CC(C)N1CCc2c(sc(NC(=O)c3ccccc3Oc3ccccc3)c2C#N)C1. The Labute approximate surface area is 180 Å². The summed E-state index contributed by atoms with van der Waals surface area (Å²) in [5.41, 5.74) is 2.09. The van der Waals surface area contributed by atoms with E-state index in [0.29, 0.717) is 33.7 Å². The highest BCUT2D eigenvalue weighted by Gasteiger charge is 2.26. The van der Waals surface area contributed by atoms with Gasteiger partial charge in [0.15, 0.2) is 0 Å². The lowest BCUT2D eigenvalue weighted by molar-refractivity contribution is 0.102. The molecule has 2 aromatic carbocycles. The third-order valence-corrected chi connectivity index (χ3v) is 6.39. The van der Waals surface area contributed by atoms with Crippen molar-refractivity contribution in [2.75, 3.05) is 11.9 Å². The van der Waals surface area contributed by atoms with Crippen LogP contribution in [0.1, 0.15) is 40.2 Å². The highest BCUT2D eigenvalue weighted by molar-refractivity contribution is 7.16. The molecule has 6 heteroatoms. The molecule has 1 aliphatic heterocycles. The Morgan fingerprint density at radius 1 is 1.17 bits per heavy atom. The summed E-state index contributed by atoms with van der Waals surface area (Å²) in [6, 6.07) is 19.3. The maximum atomic E-state index is 13.1. The lowest BCUT2D eigenvalue weighted by Crippen LogP contribution is -2.35. The zero-order chi connectivity index (χ0) is 21.1. The second-order valence-corrected chi connectivity index (χ2v) is 8.60. The molecule has 5 nitrogen and oxygen atoms in total. The molecule has 1 N–H and O–H groups in total. The van der Waals surface area contributed by atoms with Gasteiger partial charge in [0.25, 0.3) is 5.91 Å². The molecule has 30 heavy (non-hydrogen) atoms. The normalized spacial score (nSPS) is 13.5. The number of hydrogen-bond acceptors (Lipinski definition) is 5. The topological polar surface area (TPSA) is 65.4 Å².